The van der Waals surface area contributed by atoms with Crippen LogP contribution < -0.4 is 10.6 Å². The fourth-order valence-electron chi connectivity index (χ4n) is 1.43. The van der Waals surface area contributed by atoms with Gasteiger partial charge >= 0.3 is 0 Å². The van der Waals surface area contributed by atoms with E-state index in [1.54, 1.807) is 18.9 Å². The minimum atomic E-state index is 0. The third-order valence-corrected chi connectivity index (χ3v) is 3.50. The molecule has 0 radical (unpaired) electrons. The van der Waals surface area contributed by atoms with Gasteiger partial charge in [-0.3, -0.25) is 4.79 Å². The van der Waals surface area contributed by atoms with Crippen molar-refractivity contribution in [2.24, 2.45) is 0 Å². The fraction of sp³-hybridized carbons (Fsp3) is 0.500. The van der Waals surface area contributed by atoms with E-state index in [1.807, 2.05) is 0 Å². The summed E-state index contributed by atoms with van der Waals surface area (Å²) in [5.41, 5.74) is 1.26. The van der Waals surface area contributed by atoms with Crippen LogP contribution in [-0.2, 0) is 9.53 Å². The van der Waals surface area contributed by atoms with E-state index in [9.17, 15) is 4.79 Å². The first kappa shape index (κ1) is 19.2. The molecule has 0 saturated carbocycles. The van der Waals surface area contributed by atoms with E-state index in [4.69, 9.17) is 4.74 Å². The van der Waals surface area contributed by atoms with Crippen LogP contribution >= 0.6 is 24.2 Å². The van der Waals surface area contributed by atoms with Crippen molar-refractivity contribution in [3.63, 3.8) is 0 Å². The van der Waals surface area contributed by atoms with Crippen molar-refractivity contribution >= 4 is 30.1 Å². The predicted octanol–water partition coefficient (Wildman–Crippen LogP) is 1.86. The number of aryl methyl sites for hydroxylation is 1. The van der Waals surface area contributed by atoms with Gasteiger partial charge in [0.15, 0.2) is 0 Å². The van der Waals surface area contributed by atoms with Crippen molar-refractivity contribution in [2.75, 3.05) is 39.1 Å². The summed E-state index contributed by atoms with van der Waals surface area (Å²) in [6.45, 7) is 4.42. The number of thioether (sulfide) groups is 1. The van der Waals surface area contributed by atoms with Gasteiger partial charge in [0.25, 0.3) is 0 Å². The number of ether oxygens (including phenoxy) is 1. The van der Waals surface area contributed by atoms with Gasteiger partial charge in [-0.25, -0.2) is 0 Å². The van der Waals surface area contributed by atoms with Gasteiger partial charge in [0.1, 0.15) is 0 Å². The Morgan fingerprint density at radius 1 is 1.25 bits per heavy atom. The first-order chi connectivity index (χ1) is 9.22. The molecule has 0 aliphatic rings. The molecule has 0 bridgehead atoms. The van der Waals surface area contributed by atoms with Crippen LogP contribution in [0.15, 0.2) is 29.2 Å². The molecule has 0 fully saturated rings. The van der Waals surface area contributed by atoms with Crippen LogP contribution in [0, 0.1) is 6.92 Å². The van der Waals surface area contributed by atoms with Gasteiger partial charge in [0, 0.05) is 30.8 Å². The molecule has 1 aromatic carbocycles. The molecule has 0 atom stereocenters. The second kappa shape index (κ2) is 12.0. The van der Waals surface area contributed by atoms with Gasteiger partial charge in [-0.1, -0.05) is 17.7 Å². The molecule has 0 saturated heterocycles. The molecular formula is C14H23ClN2O2S. The molecule has 114 valence electrons. The lowest BCUT2D eigenvalue weighted by atomic mass is 10.2. The molecule has 4 nitrogen and oxygen atoms in total. The Hall–Kier alpha value is -0.750. The number of hydrogen-bond donors (Lipinski definition) is 2. The molecule has 0 spiro atoms. The van der Waals surface area contributed by atoms with E-state index in [1.165, 1.54) is 10.5 Å². The highest BCUT2D eigenvalue weighted by Crippen LogP contribution is 2.17. The summed E-state index contributed by atoms with van der Waals surface area (Å²) in [6.07, 6.45) is 0. The molecule has 1 amide bonds. The van der Waals surface area contributed by atoms with Crippen molar-refractivity contribution in [1.82, 2.24) is 10.6 Å². The topological polar surface area (TPSA) is 50.4 Å². The Bertz CT molecular complexity index is 374. The summed E-state index contributed by atoms with van der Waals surface area (Å²) in [6, 6.07) is 8.41. The van der Waals surface area contributed by atoms with Crippen molar-refractivity contribution in [3.8, 4) is 0 Å². The van der Waals surface area contributed by atoms with Gasteiger partial charge in [-0.05, 0) is 19.1 Å². The molecule has 0 unspecified atom stereocenters. The fourth-order valence-corrected chi connectivity index (χ4v) is 2.20. The third-order valence-electron chi connectivity index (χ3n) is 2.48. The van der Waals surface area contributed by atoms with Crippen molar-refractivity contribution < 1.29 is 9.53 Å². The van der Waals surface area contributed by atoms with E-state index in [0.29, 0.717) is 26.2 Å². The average molecular weight is 319 g/mol. The normalized spacial score (nSPS) is 9.90. The van der Waals surface area contributed by atoms with E-state index in [2.05, 4.69) is 41.8 Å². The molecule has 1 aromatic rings. The van der Waals surface area contributed by atoms with Crippen molar-refractivity contribution in [2.45, 2.75) is 11.8 Å². The largest absolute Gasteiger partial charge is 0.383 e. The average Bonchev–Trinajstić information content (AvgIpc) is 2.42. The Kier molecular flexibility index (Phi) is 11.6. The number of methoxy groups -OCH3 is 1. The summed E-state index contributed by atoms with van der Waals surface area (Å²) < 4.78 is 4.88. The summed E-state index contributed by atoms with van der Waals surface area (Å²) in [5.74, 6) is 0.910. The SMILES string of the molecule is COCCNCC(=O)NCCSc1ccc(C)cc1.Cl. The van der Waals surface area contributed by atoms with E-state index in [0.717, 1.165) is 5.75 Å². The van der Waals surface area contributed by atoms with Gasteiger partial charge < -0.3 is 15.4 Å². The molecule has 0 aromatic heterocycles. The standard InChI is InChI=1S/C14H22N2O2S.ClH/c1-12-3-5-13(6-4-12)19-10-8-16-14(17)11-15-7-9-18-2;/h3-6,15H,7-11H2,1-2H3,(H,16,17);1H. The zero-order valence-electron chi connectivity index (χ0n) is 12.0. The van der Waals surface area contributed by atoms with E-state index < -0.39 is 0 Å². The number of hydrogen-bond acceptors (Lipinski definition) is 4. The molecule has 20 heavy (non-hydrogen) atoms. The third kappa shape index (κ3) is 9.20. The summed E-state index contributed by atoms with van der Waals surface area (Å²) in [5, 5.41) is 5.89. The lowest BCUT2D eigenvalue weighted by Gasteiger charge is -2.06. The molecule has 2 N–H and O–H groups in total. The van der Waals surface area contributed by atoms with Gasteiger partial charge in [-0.15, -0.1) is 24.2 Å². The number of rotatable bonds is 9. The highest BCUT2D eigenvalue weighted by atomic mass is 35.5. The van der Waals surface area contributed by atoms with Crippen LogP contribution in [0.1, 0.15) is 5.56 Å². The highest BCUT2D eigenvalue weighted by Gasteiger charge is 1.99. The summed E-state index contributed by atoms with van der Waals surface area (Å²) in [4.78, 5) is 12.7. The van der Waals surface area contributed by atoms with Crippen LogP contribution in [0.25, 0.3) is 0 Å². The number of carbonyl (C=O) groups excluding carboxylic acids is 1. The first-order valence-corrected chi connectivity index (χ1v) is 7.37. The summed E-state index contributed by atoms with van der Waals surface area (Å²) >= 11 is 1.75. The second-order valence-electron chi connectivity index (χ2n) is 4.18. The molecule has 6 heteroatoms. The quantitative estimate of drug-likeness (QED) is 0.539. The number of halogens is 1. The molecular weight excluding hydrogens is 296 g/mol. The lowest BCUT2D eigenvalue weighted by Crippen LogP contribution is -2.36. The maximum atomic E-state index is 11.4. The number of nitrogens with one attached hydrogen (secondary N) is 2. The van der Waals surface area contributed by atoms with Gasteiger partial charge in [-0.2, -0.15) is 0 Å². The predicted molar refractivity (Wildman–Crippen MR) is 86.9 cm³/mol. The lowest BCUT2D eigenvalue weighted by molar-refractivity contribution is -0.120. The minimum absolute atomic E-state index is 0. The first-order valence-electron chi connectivity index (χ1n) is 6.38. The molecule has 0 aliphatic carbocycles. The van der Waals surface area contributed by atoms with Crippen molar-refractivity contribution in [3.05, 3.63) is 29.8 Å². The molecule has 0 heterocycles. The second-order valence-corrected chi connectivity index (χ2v) is 5.35. The molecule has 1 rings (SSSR count). The van der Waals surface area contributed by atoms with Crippen LogP contribution in [0.2, 0.25) is 0 Å². The minimum Gasteiger partial charge on any atom is -0.383 e. The Labute approximate surface area is 131 Å². The number of amides is 1. The van der Waals surface area contributed by atoms with E-state index in [-0.39, 0.29) is 18.3 Å². The molecule has 0 aliphatic heterocycles. The zero-order valence-corrected chi connectivity index (χ0v) is 13.6. The Morgan fingerprint density at radius 2 is 1.95 bits per heavy atom. The zero-order chi connectivity index (χ0) is 13.9. The van der Waals surface area contributed by atoms with Gasteiger partial charge in [0.05, 0.1) is 13.2 Å². The Morgan fingerprint density at radius 3 is 2.60 bits per heavy atom. The van der Waals surface area contributed by atoms with Crippen molar-refractivity contribution in [1.29, 1.82) is 0 Å². The van der Waals surface area contributed by atoms with Crippen LogP contribution in [-0.4, -0.2) is 45.0 Å². The number of benzene rings is 1. The monoisotopic (exact) mass is 318 g/mol. The smallest absolute Gasteiger partial charge is 0.233 e. The Balaban J connectivity index is 0.00000361. The van der Waals surface area contributed by atoms with Crippen LogP contribution in [0.5, 0.6) is 0 Å². The van der Waals surface area contributed by atoms with Gasteiger partial charge in [0.2, 0.25) is 5.91 Å². The van der Waals surface area contributed by atoms with E-state index >= 15 is 0 Å². The number of carbonyl (C=O) groups is 1. The highest BCUT2D eigenvalue weighted by molar-refractivity contribution is 7.99. The van der Waals surface area contributed by atoms with Crippen LogP contribution in [0.3, 0.4) is 0 Å². The van der Waals surface area contributed by atoms with Crippen LogP contribution in [0.4, 0.5) is 0 Å². The maximum absolute atomic E-state index is 11.4. The summed E-state index contributed by atoms with van der Waals surface area (Å²) in [7, 11) is 1.64. The maximum Gasteiger partial charge on any atom is 0.233 e.